The van der Waals surface area contributed by atoms with Gasteiger partial charge in [0.1, 0.15) is 11.9 Å². The number of hydrogen-bond acceptors (Lipinski definition) is 10. The van der Waals surface area contributed by atoms with Crippen molar-refractivity contribution in [3.63, 3.8) is 0 Å². The molecule has 0 aliphatic rings. The number of amides is 1. The first-order chi connectivity index (χ1) is 29.2. The minimum atomic E-state index is -2.39. The van der Waals surface area contributed by atoms with Crippen LogP contribution in [0.3, 0.4) is 0 Å². The SMILES string of the molecule is C=CC[C@@H](C[C@@H](OCc1ccc(OC)c(OC)c1)C(=O)/C=C(\C)[C@H](O[Si](C)(C)C(C)(C)C)[C@@H](C)/C=C/[C@H](O[Si](C)(C)C(C)(C)C)[C@@H](C)C(=O)N(C)OC)OCc1ccc(OC)cc1. The first-order valence-corrected chi connectivity index (χ1v) is 27.8. The first kappa shape index (κ1) is 55.6. The van der Waals surface area contributed by atoms with Crippen molar-refractivity contribution < 1.29 is 47.0 Å². The van der Waals surface area contributed by atoms with E-state index in [1.165, 1.54) is 12.2 Å². The summed E-state index contributed by atoms with van der Waals surface area (Å²) >= 11 is 0. The first-order valence-electron chi connectivity index (χ1n) is 22.0. The van der Waals surface area contributed by atoms with Crippen molar-refractivity contribution in [2.24, 2.45) is 11.8 Å². The Balaban J connectivity index is 2.65. The molecule has 0 saturated heterocycles. The Morgan fingerprint density at radius 3 is 1.84 bits per heavy atom. The zero-order valence-corrected chi connectivity index (χ0v) is 43.9. The van der Waals surface area contributed by atoms with Gasteiger partial charge in [0, 0.05) is 19.4 Å². The fraction of sp³-hybridized carbons (Fsp3) is 0.600. The van der Waals surface area contributed by atoms with E-state index in [1.807, 2.05) is 62.4 Å². The topological polar surface area (TPSA) is 111 Å². The van der Waals surface area contributed by atoms with Crippen LogP contribution in [0.15, 0.2) is 78.9 Å². The Bertz CT molecular complexity index is 1810. The van der Waals surface area contributed by atoms with Gasteiger partial charge in [0.25, 0.3) is 5.91 Å². The molecule has 0 aliphatic heterocycles. The molecule has 0 saturated carbocycles. The Morgan fingerprint density at radius 2 is 1.32 bits per heavy atom. The van der Waals surface area contributed by atoms with Crippen molar-refractivity contribution in [3.05, 3.63) is 90.0 Å². The summed E-state index contributed by atoms with van der Waals surface area (Å²) in [4.78, 5) is 33.4. The van der Waals surface area contributed by atoms with Gasteiger partial charge in [-0.1, -0.05) is 91.8 Å². The summed E-state index contributed by atoms with van der Waals surface area (Å²) in [5, 5.41) is 1.06. The summed E-state index contributed by atoms with van der Waals surface area (Å²) < 4.78 is 43.4. The van der Waals surface area contributed by atoms with Crippen molar-refractivity contribution in [2.75, 3.05) is 35.5 Å². The second-order valence-corrected chi connectivity index (χ2v) is 29.0. The average Bonchev–Trinajstić information content (AvgIpc) is 3.22. The molecule has 354 valence electrons. The summed E-state index contributed by atoms with van der Waals surface area (Å²) in [7, 11) is 3.18. The second-order valence-electron chi connectivity index (χ2n) is 19.5. The minimum absolute atomic E-state index is 0.0856. The maximum atomic E-state index is 14.7. The molecule has 11 nitrogen and oxygen atoms in total. The molecular weight excluding hydrogens is 831 g/mol. The number of methoxy groups -OCH3 is 3. The van der Waals surface area contributed by atoms with E-state index in [0.717, 1.165) is 22.4 Å². The Hall–Kier alpha value is -3.57. The highest BCUT2D eigenvalue weighted by Crippen LogP contribution is 2.41. The van der Waals surface area contributed by atoms with Crippen LogP contribution in [-0.4, -0.2) is 93.3 Å². The average molecular weight is 912 g/mol. The molecule has 2 aromatic rings. The summed E-state index contributed by atoms with van der Waals surface area (Å²) in [5.41, 5.74) is 2.57. The van der Waals surface area contributed by atoms with Gasteiger partial charge >= 0.3 is 0 Å². The van der Waals surface area contributed by atoms with Crippen molar-refractivity contribution in [1.29, 1.82) is 0 Å². The molecule has 0 radical (unpaired) electrons. The van der Waals surface area contributed by atoms with Crippen LogP contribution in [0.25, 0.3) is 0 Å². The number of benzene rings is 2. The normalized spacial score (nSPS) is 15.9. The van der Waals surface area contributed by atoms with Gasteiger partial charge in [-0.15, -0.1) is 6.58 Å². The molecule has 1 amide bonds. The third kappa shape index (κ3) is 16.7. The van der Waals surface area contributed by atoms with Crippen LogP contribution >= 0.6 is 0 Å². The molecule has 0 aromatic heterocycles. The molecule has 0 fully saturated rings. The highest BCUT2D eigenvalue weighted by Gasteiger charge is 2.42. The number of nitrogens with zero attached hydrogens (tertiary/aromatic N) is 1. The summed E-state index contributed by atoms with van der Waals surface area (Å²) in [5.74, 6) is 0.818. The molecule has 2 aromatic carbocycles. The molecule has 0 aliphatic carbocycles. The van der Waals surface area contributed by atoms with Crippen LogP contribution < -0.4 is 14.2 Å². The second kappa shape index (κ2) is 24.6. The smallest absolute Gasteiger partial charge is 0.251 e. The lowest BCUT2D eigenvalue weighted by atomic mass is 9.94. The van der Waals surface area contributed by atoms with Gasteiger partial charge in [-0.2, -0.15) is 0 Å². The third-order valence-electron chi connectivity index (χ3n) is 12.6. The van der Waals surface area contributed by atoms with E-state index in [4.69, 9.17) is 37.4 Å². The Kier molecular flexibility index (Phi) is 21.7. The van der Waals surface area contributed by atoms with E-state index in [1.54, 1.807) is 40.5 Å². The fourth-order valence-electron chi connectivity index (χ4n) is 6.26. The van der Waals surface area contributed by atoms with Gasteiger partial charge in [0.2, 0.25) is 0 Å². The lowest BCUT2D eigenvalue weighted by Gasteiger charge is -2.41. The Morgan fingerprint density at radius 1 is 0.762 bits per heavy atom. The van der Waals surface area contributed by atoms with Crippen LogP contribution in [0.1, 0.15) is 86.3 Å². The lowest BCUT2D eigenvalue weighted by molar-refractivity contribution is -0.175. The molecule has 0 heterocycles. The van der Waals surface area contributed by atoms with Gasteiger partial charge in [0.15, 0.2) is 33.9 Å². The van der Waals surface area contributed by atoms with Crippen molar-refractivity contribution in [2.45, 2.75) is 149 Å². The van der Waals surface area contributed by atoms with Crippen molar-refractivity contribution >= 4 is 28.3 Å². The molecule has 13 heteroatoms. The van der Waals surface area contributed by atoms with Gasteiger partial charge < -0.3 is 32.5 Å². The highest BCUT2D eigenvalue weighted by molar-refractivity contribution is 6.74. The monoisotopic (exact) mass is 912 g/mol. The molecule has 63 heavy (non-hydrogen) atoms. The molecular formula is C50H81NO10Si2. The maximum absolute atomic E-state index is 14.7. The van der Waals surface area contributed by atoms with Crippen molar-refractivity contribution in [1.82, 2.24) is 5.06 Å². The predicted octanol–water partition coefficient (Wildman–Crippen LogP) is 11.3. The van der Waals surface area contributed by atoms with Crippen LogP contribution in [0, 0.1) is 11.8 Å². The fourth-order valence-corrected chi connectivity index (χ4v) is 8.97. The van der Waals surface area contributed by atoms with E-state index < -0.39 is 40.9 Å². The molecule has 0 spiro atoms. The van der Waals surface area contributed by atoms with Gasteiger partial charge in [-0.25, -0.2) is 5.06 Å². The number of hydrogen-bond donors (Lipinski definition) is 0. The predicted molar refractivity (Wildman–Crippen MR) is 259 cm³/mol. The van der Waals surface area contributed by atoms with E-state index in [0.29, 0.717) is 24.5 Å². The third-order valence-corrected chi connectivity index (χ3v) is 21.5. The molecule has 6 atom stereocenters. The molecule has 2 rings (SSSR count). The zero-order chi connectivity index (χ0) is 47.9. The van der Waals surface area contributed by atoms with Gasteiger partial charge in [-0.3, -0.25) is 14.4 Å². The summed E-state index contributed by atoms with van der Waals surface area (Å²) in [6.07, 6.45) is 6.15. The van der Waals surface area contributed by atoms with Crippen LogP contribution in [0.2, 0.25) is 36.3 Å². The lowest BCUT2D eigenvalue weighted by Crippen LogP contribution is -2.47. The maximum Gasteiger partial charge on any atom is 0.251 e. The summed E-state index contributed by atoms with van der Waals surface area (Å²) in [6, 6.07) is 13.3. The molecule has 0 N–H and O–H groups in total. The highest BCUT2D eigenvalue weighted by atomic mass is 28.4. The van der Waals surface area contributed by atoms with Gasteiger partial charge in [-0.05, 0) is 96.7 Å². The van der Waals surface area contributed by atoms with E-state index in [-0.39, 0.29) is 46.8 Å². The number of carbonyl (C=O) groups is 2. The van der Waals surface area contributed by atoms with E-state index in [2.05, 4.69) is 87.3 Å². The number of ketones is 1. The molecule has 0 unspecified atom stereocenters. The van der Waals surface area contributed by atoms with E-state index >= 15 is 0 Å². The van der Waals surface area contributed by atoms with Crippen LogP contribution in [-0.2, 0) is 46.0 Å². The standard InChI is InChI=1S/C50H81NO10Si2/c1-20-21-41(58-33-38-23-26-40(54-12)27-24-38)32-45(59-34-39-25-29-44(55-13)46(31-39)56-14)42(52)30-36(3)47(61-63(18,19)50(8,9)10)35(2)22-28-43(37(4)48(53)51(11)57-15)60-62(16,17)49(5,6)7/h20,22-31,35,37,41,43,45,47H,1,21,32-34H2,2-19H3/b28-22+,36-30+/t35-,37+,41-,43-,45+,47+/m0/s1. The van der Waals surface area contributed by atoms with Gasteiger partial charge in [0.05, 0.1) is 65.9 Å². The quantitative estimate of drug-likeness (QED) is 0.0391. The number of hydroxylamine groups is 2. The Labute approximate surface area is 382 Å². The minimum Gasteiger partial charge on any atom is -0.497 e. The van der Waals surface area contributed by atoms with E-state index in [9.17, 15) is 9.59 Å². The summed E-state index contributed by atoms with van der Waals surface area (Å²) in [6.45, 7) is 32.3. The van der Waals surface area contributed by atoms with Crippen molar-refractivity contribution in [3.8, 4) is 17.2 Å². The van der Waals surface area contributed by atoms with Crippen LogP contribution in [0.4, 0.5) is 0 Å². The molecule has 0 bridgehead atoms. The largest absolute Gasteiger partial charge is 0.497 e. The number of rotatable bonds is 26. The van der Waals surface area contributed by atoms with Crippen LogP contribution in [0.5, 0.6) is 17.2 Å². The number of carbonyl (C=O) groups excluding carboxylic acids is 2. The zero-order valence-electron chi connectivity index (χ0n) is 41.9. The number of ether oxygens (including phenoxy) is 5.